The molecule has 2 aliphatic rings. The molecule has 0 aliphatic carbocycles. The van der Waals surface area contributed by atoms with Crippen LogP contribution in [0.4, 0.5) is 34.1 Å². The van der Waals surface area contributed by atoms with Crippen LogP contribution in [-0.4, -0.2) is 21.7 Å². The third-order valence-corrected chi connectivity index (χ3v) is 11.6. The van der Waals surface area contributed by atoms with E-state index >= 15 is 0 Å². The Kier molecular flexibility index (Phi) is 6.36. The van der Waals surface area contributed by atoms with E-state index in [9.17, 15) is 0 Å². The van der Waals surface area contributed by atoms with Crippen LogP contribution < -0.4 is 26.2 Å². The zero-order chi connectivity index (χ0) is 36.0. The number of nitrogens with zero attached hydrogens (tertiary/aromatic N) is 5. The first-order chi connectivity index (χ1) is 27.3. The van der Waals surface area contributed by atoms with E-state index in [1.54, 1.807) is 12.7 Å². The quantitative estimate of drug-likeness (QED) is 0.136. The van der Waals surface area contributed by atoms with Crippen molar-refractivity contribution < 1.29 is 0 Å². The van der Waals surface area contributed by atoms with Crippen molar-refractivity contribution in [3.05, 3.63) is 183 Å². The fourth-order valence-electron chi connectivity index (χ4n) is 9.36. The van der Waals surface area contributed by atoms with E-state index in [0.717, 1.165) is 28.3 Å². The molecule has 55 heavy (non-hydrogen) atoms. The monoisotopic (exact) mass is 699 g/mol. The van der Waals surface area contributed by atoms with Gasteiger partial charge in [0.05, 0.1) is 0 Å². The van der Waals surface area contributed by atoms with E-state index in [-0.39, 0.29) is 6.71 Å². The van der Waals surface area contributed by atoms with Gasteiger partial charge in [0.25, 0.3) is 6.71 Å². The number of anilines is 6. The molecule has 1 aromatic heterocycles. The molecule has 254 valence electrons. The SMILES string of the molecule is c1ccc(N2c3cc(-c4ncncn4)cc4c3B(c3ccc5c(ccc6ccccc65)c32)c2ccc3c(ccc5ccccc53)c2N4c2ccccc2)cc1. The topological polar surface area (TPSA) is 45.2 Å². The summed E-state index contributed by atoms with van der Waals surface area (Å²) < 4.78 is 0. The molecule has 6 heteroatoms. The number of benzene rings is 9. The van der Waals surface area contributed by atoms with Gasteiger partial charge in [-0.25, -0.2) is 15.0 Å². The number of hydrogen-bond donors (Lipinski definition) is 0. The Bertz CT molecular complexity index is 2980. The van der Waals surface area contributed by atoms with Crippen molar-refractivity contribution in [3.63, 3.8) is 0 Å². The summed E-state index contributed by atoms with van der Waals surface area (Å²) >= 11 is 0. The van der Waals surface area contributed by atoms with Crippen molar-refractivity contribution in [2.75, 3.05) is 9.80 Å². The van der Waals surface area contributed by atoms with Crippen molar-refractivity contribution in [3.8, 4) is 11.4 Å². The van der Waals surface area contributed by atoms with E-state index in [1.807, 2.05) is 0 Å². The smallest absolute Gasteiger partial charge is 0.252 e. The molecule has 0 fully saturated rings. The average molecular weight is 700 g/mol. The highest BCUT2D eigenvalue weighted by molar-refractivity contribution is 7.00. The van der Waals surface area contributed by atoms with Crippen LogP contribution in [0.3, 0.4) is 0 Å². The number of rotatable bonds is 3. The summed E-state index contributed by atoms with van der Waals surface area (Å²) in [5.74, 6) is 0.635. The van der Waals surface area contributed by atoms with Gasteiger partial charge in [-0.3, -0.25) is 0 Å². The molecule has 5 nitrogen and oxygen atoms in total. The van der Waals surface area contributed by atoms with Crippen molar-refractivity contribution in [1.29, 1.82) is 0 Å². The molecule has 0 saturated heterocycles. The van der Waals surface area contributed by atoms with Crippen LogP contribution >= 0.6 is 0 Å². The van der Waals surface area contributed by atoms with Crippen molar-refractivity contribution in [1.82, 2.24) is 15.0 Å². The molecule has 0 saturated carbocycles. The third kappa shape index (κ3) is 4.33. The fraction of sp³-hybridized carbons (Fsp3) is 0. The average Bonchev–Trinajstić information content (AvgIpc) is 3.26. The van der Waals surface area contributed by atoms with Crippen molar-refractivity contribution in [2.45, 2.75) is 0 Å². The standard InChI is InChI=1S/C49H30BN5/c1-3-13-34(14-4-1)54-44-27-33(49-52-29-51-30-53-49)28-45-46(44)50(42-25-23-38-36-17-9-7-11-31(36)19-21-40(38)47(42)54)43-26-24-39-37-18-10-8-12-32(37)20-22-41(39)48(43)55(45)35-15-5-2-6-16-35/h1-30H. The Morgan fingerprint density at radius 1 is 0.400 bits per heavy atom. The van der Waals surface area contributed by atoms with Gasteiger partial charge in [-0.15, -0.1) is 0 Å². The highest BCUT2D eigenvalue weighted by Crippen LogP contribution is 2.49. The zero-order valence-electron chi connectivity index (χ0n) is 29.6. The van der Waals surface area contributed by atoms with Gasteiger partial charge in [0.1, 0.15) is 12.7 Å². The van der Waals surface area contributed by atoms with Crippen molar-refractivity contribution in [2.24, 2.45) is 0 Å². The van der Waals surface area contributed by atoms with Gasteiger partial charge in [0.2, 0.25) is 0 Å². The number of fused-ring (bicyclic) bond motifs is 12. The Labute approximate surface area is 317 Å². The first-order valence-electron chi connectivity index (χ1n) is 18.7. The van der Waals surface area contributed by atoms with Gasteiger partial charge < -0.3 is 9.80 Å². The molecule has 0 radical (unpaired) electrons. The molecule has 0 bridgehead atoms. The van der Waals surface area contributed by atoms with Crippen LogP contribution in [0.1, 0.15) is 0 Å². The van der Waals surface area contributed by atoms with Crippen LogP contribution in [-0.2, 0) is 0 Å². The highest BCUT2D eigenvalue weighted by atomic mass is 15.2. The maximum Gasteiger partial charge on any atom is 0.252 e. The van der Waals surface area contributed by atoms with E-state index in [4.69, 9.17) is 9.97 Å². The number of hydrogen-bond acceptors (Lipinski definition) is 5. The summed E-state index contributed by atoms with van der Waals surface area (Å²) in [5, 5.41) is 9.88. The minimum absolute atomic E-state index is 0.0472. The van der Waals surface area contributed by atoms with E-state index in [2.05, 4.69) is 185 Å². The molecule has 0 spiro atoms. The first-order valence-corrected chi connectivity index (χ1v) is 18.7. The van der Waals surface area contributed by atoms with Crippen molar-refractivity contribution >= 4 is 100 Å². The molecule has 0 N–H and O–H groups in total. The minimum Gasteiger partial charge on any atom is -0.311 e. The second-order valence-corrected chi connectivity index (χ2v) is 14.4. The Morgan fingerprint density at radius 3 is 1.36 bits per heavy atom. The zero-order valence-corrected chi connectivity index (χ0v) is 29.6. The first kappa shape index (κ1) is 30.2. The van der Waals surface area contributed by atoms with Crippen LogP contribution in [0.15, 0.2) is 183 Å². The second kappa shape index (κ2) is 11.6. The van der Waals surface area contributed by atoms with E-state index < -0.39 is 0 Å². The Balaban J connectivity index is 1.28. The Hall–Kier alpha value is -7.31. The molecule has 10 aromatic rings. The lowest BCUT2D eigenvalue weighted by molar-refractivity contribution is 1.06. The Morgan fingerprint density at radius 2 is 0.855 bits per heavy atom. The van der Waals surface area contributed by atoms with Crippen LogP contribution in [0, 0.1) is 0 Å². The summed E-state index contributed by atoms with van der Waals surface area (Å²) in [4.78, 5) is 18.6. The van der Waals surface area contributed by atoms with Gasteiger partial charge >= 0.3 is 0 Å². The lowest BCUT2D eigenvalue weighted by Gasteiger charge is -2.45. The summed E-state index contributed by atoms with van der Waals surface area (Å²) in [7, 11) is 0. The summed E-state index contributed by atoms with van der Waals surface area (Å²) in [5.41, 5.74) is 11.6. The van der Waals surface area contributed by atoms with Gasteiger partial charge in [0, 0.05) is 50.5 Å². The lowest BCUT2D eigenvalue weighted by atomic mass is 9.33. The summed E-state index contributed by atoms with van der Waals surface area (Å²) in [6, 6.07) is 62.2. The van der Waals surface area contributed by atoms with E-state index in [1.165, 1.54) is 70.9 Å². The van der Waals surface area contributed by atoms with Crippen LogP contribution in [0.25, 0.3) is 54.5 Å². The predicted molar refractivity (Wildman–Crippen MR) is 229 cm³/mol. The lowest BCUT2D eigenvalue weighted by Crippen LogP contribution is -2.61. The van der Waals surface area contributed by atoms with Crippen LogP contribution in [0.2, 0.25) is 0 Å². The molecular formula is C49H30BN5. The maximum atomic E-state index is 4.70. The molecule has 12 rings (SSSR count). The molecule has 3 heterocycles. The van der Waals surface area contributed by atoms with Gasteiger partial charge in [-0.2, -0.15) is 0 Å². The maximum absolute atomic E-state index is 4.70. The molecule has 0 atom stereocenters. The molecule has 2 aliphatic heterocycles. The second-order valence-electron chi connectivity index (χ2n) is 14.4. The van der Waals surface area contributed by atoms with Gasteiger partial charge in [-0.1, -0.05) is 133 Å². The fourth-order valence-corrected chi connectivity index (χ4v) is 9.36. The third-order valence-electron chi connectivity index (χ3n) is 11.6. The predicted octanol–water partition coefficient (Wildman–Crippen LogP) is 10.2. The van der Waals surface area contributed by atoms with Gasteiger partial charge in [0.15, 0.2) is 5.82 Å². The highest BCUT2D eigenvalue weighted by Gasteiger charge is 2.45. The van der Waals surface area contributed by atoms with Gasteiger partial charge in [-0.05, 0) is 85.1 Å². The van der Waals surface area contributed by atoms with E-state index in [0.29, 0.717) is 5.82 Å². The summed E-state index contributed by atoms with van der Waals surface area (Å²) in [6.45, 7) is -0.0472. The molecule has 9 aromatic carbocycles. The number of aromatic nitrogens is 3. The molecule has 0 unspecified atom stereocenters. The normalized spacial score (nSPS) is 13.0. The van der Waals surface area contributed by atoms with Crippen LogP contribution in [0.5, 0.6) is 0 Å². The minimum atomic E-state index is -0.0472. The molecular weight excluding hydrogens is 669 g/mol. The number of para-hydroxylation sites is 2. The largest absolute Gasteiger partial charge is 0.311 e. The summed E-state index contributed by atoms with van der Waals surface area (Å²) in [6.07, 6.45) is 3.17. The molecule has 0 amide bonds.